The van der Waals surface area contributed by atoms with E-state index in [1.807, 2.05) is 49.4 Å². The molecule has 0 unspecified atom stereocenters. The van der Waals surface area contributed by atoms with E-state index in [4.69, 9.17) is 30.9 Å². The molecule has 1 heterocycles. The van der Waals surface area contributed by atoms with E-state index in [9.17, 15) is 9.18 Å². The molecule has 1 aliphatic rings. The molecule has 1 aliphatic heterocycles. The van der Waals surface area contributed by atoms with Gasteiger partial charge in [0.1, 0.15) is 30.4 Å². The number of ether oxygens (including phenoxy) is 3. The summed E-state index contributed by atoms with van der Waals surface area (Å²) >= 11 is 6.13. The fraction of sp³-hybridized carbons (Fsp3) is 0.240. The van der Waals surface area contributed by atoms with Crippen LogP contribution in [0.5, 0.6) is 5.75 Å². The summed E-state index contributed by atoms with van der Waals surface area (Å²) < 4.78 is 31.3. The zero-order valence-corrected chi connectivity index (χ0v) is 18.2. The Bertz CT molecular complexity index is 1140. The van der Waals surface area contributed by atoms with Crippen LogP contribution in [0, 0.1) is 12.7 Å². The lowest BCUT2D eigenvalue weighted by molar-refractivity contribution is -0.221. The Kier molecular flexibility index (Phi) is 6.46. The molecule has 0 aliphatic carbocycles. The van der Waals surface area contributed by atoms with Crippen molar-refractivity contribution in [2.75, 3.05) is 19.8 Å². The van der Waals surface area contributed by atoms with Gasteiger partial charge in [-0.2, -0.15) is 0 Å². The molecule has 5 nitrogen and oxygen atoms in total. The molecule has 1 N–H and O–H groups in total. The summed E-state index contributed by atoms with van der Waals surface area (Å²) in [6, 6.07) is 18.1. The van der Waals surface area contributed by atoms with Crippen LogP contribution in [0.4, 0.5) is 4.39 Å². The number of hydrogen-bond donors (Lipinski definition) is 1. The van der Waals surface area contributed by atoms with E-state index < -0.39 is 24.0 Å². The van der Waals surface area contributed by atoms with Gasteiger partial charge in [0.2, 0.25) is 0 Å². The Morgan fingerprint density at radius 2 is 1.94 bits per heavy atom. The van der Waals surface area contributed by atoms with E-state index in [0.717, 1.165) is 22.3 Å². The molecule has 3 aromatic rings. The maximum atomic E-state index is 14.8. The van der Waals surface area contributed by atoms with Crippen LogP contribution in [-0.2, 0) is 26.5 Å². The van der Waals surface area contributed by atoms with Crippen LogP contribution in [-0.4, -0.2) is 30.9 Å². The first-order chi connectivity index (χ1) is 15.4. The van der Waals surface area contributed by atoms with Crippen molar-refractivity contribution < 1.29 is 28.5 Å². The number of halogens is 2. The molecule has 3 aromatic carbocycles. The fourth-order valence-corrected chi connectivity index (χ4v) is 3.92. The van der Waals surface area contributed by atoms with Crippen molar-refractivity contribution in [3.63, 3.8) is 0 Å². The molecule has 0 saturated carbocycles. The summed E-state index contributed by atoms with van der Waals surface area (Å²) in [7, 11) is 0. The summed E-state index contributed by atoms with van der Waals surface area (Å²) in [5.41, 5.74) is 3.28. The molecule has 0 amide bonds. The molecule has 0 spiro atoms. The lowest BCUT2D eigenvalue weighted by atomic mass is 9.91. The van der Waals surface area contributed by atoms with Crippen LogP contribution < -0.4 is 4.74 Å². The molecule has 1 saturated heterocycles. The smallest absolute Gasteiger partial charge is 0.329 e. The van der Waals surface area contributed by atoms with Crippen LogP contribution in [0.25, 0.3) is 11.1 Å². The lowest BCUT2D eigenvalue weighted by Crippen LogP contribution is -2.50. The van der Waals surface area contributed by atoms with Gasteiger partial charge in [-0.1, -0.05) is 41.9 Å². The predicted molar refractivity (Wildman–Crippen MR) is 118 cm³/mol. The van der Waals surface area contributed by atoms with Gasteiger partial charge in [-0.25, -0.2) is 9.18 Å². The second-order valence-corrected chi connectivity index (χ2v) is 8.14. The zero-order chi connectivity index (χ0) is 22.7. The minimum atomic E-state index is -1.12. The molecular weight excluding hydrogens is 435 g/mol. The summed E-state index contributed by atoms with van der Waals surface area (Å²) in [4.78, 5) is 10.8. The van der Waals surface area contributed by atoms with Crippen molar-refractivity contribution in [3.8, 4) is 16.9 Å². The molecule has 32 heavy (non-hydrogen) atoms. The number of rotatable bonds is 8. The highest BCUT2D eigenvalue weighted by molar-refractivity contribution is 6.30. The van der Waals surface area contributed by atoms with E-state index >= 15 is 0 Å². The molecule has 0 radical (unpaired) electrons. The first kappa shape index (κ1) is 22.3. The van der Waals surface area contributed by atoms with Crippen molar-refractivity contribution in [1.82, 2.24) is 0 Å². The van der Waals surface area contributed by atoms with E-state index in [-0.39, 0.29) is 25.4 Å². The minimum Gasteiger partial charge on any atom is -0.489 e. The number of hydrogen-bond acceptors (Lipinski definition) is 4. The number of benzene rings is 3. The summed E-state index contributed by atoms with van der Waals surface area (Å²) in [6.45, 7) is 1.96. The van der Waals surface area contributed by atoms with Gasteiger partial charge in [0, 0.05) is 16.7 Å². The zero-order valence-electron chi connectivity index (χ0n) is 17.4. The van der Waals surface area contributed by atoms with Crippen LogP contribution in [0.3, 0.4) is 0 Å². The van der Waals surface area contributed by atoms with Crippen LogP contribution in [0.15, 0.2) is 60.7 Å². The predicted octanol–water partition coefficient (Wildman–Crippen LogP) is 5.36. The fourth-order valence-electron chi connectivity index (χ4n) is 3.73. The standard InChI is InChI=1S/C25H22ClFO5/c1-16-18(5-3-7-21(16)17-4-2-6-19(26)10-17)12-31-20-8-9-22(23(27)11-20)25(14-30-15-25)32-13-24(28)29/h2-11H,12-15H2,1H3,(H,28,29). The van der Waals surface area contributed by atoms with Gasteiger partial charge in [-0.05, 0) is 53.4 Å². The summed E-state index contributed by atoms with van der Waals surface area (Å²) in [5, 5.41) is 9.54. The third kappa shape index (κ3) is 4.63. The average Bonchev–Trinajstić information content (AvgIpc) is 2.73. The maximum absolute atomic E-state index is 14.8. The van der Waals surface area contributed by atoms with Gasteiger partial charge in [0.05, 0.1) is 13.2 Å². The largest absolute Gasteiger partial charge is 0.489 e. The van der Waals surface area contributed by atoms with Gasteiger partial charge in [-0.3, -0.25) is 0 Å². The molecular formula is C25H22ClFO5. The van der Waals surface area contributed by atoms with Crippen molar-refractivity contribution in [2.45, 2.75) is 19.1 Å². The maximum Gasteiger partial charge on any atom is 0.329 e. The van der Waals surface area contributed by atoms with E-state index in [1.165, 1.54) is 6.07 Å². The quantitative estimate of drug-likeness (QED) is 0.494. The third-order valence-corrected chi connectivity index (χ3v) is 5.78. The summed E-state index contributed by atoms with van der Waals surface area (Å²) in [6.07, 6.45) is 0. The number of carbonyl (C=O) groups is 1. The van der Waals surface area contributed by atoms with E-state index in [2.05, 4.69) is 0 Å². The second-order valence-electron chi connectivity index (χ2n) is 7.70. The lowest BCUT2D eigenvalue weighted by Gasteiger charge is -2.41. The van der Waals surface area contributed by atoms with Gasteiger partial charge in [0.25, 0.3) is 0 Å². The van der Waals surface area contributed by atoms with Gasteiger partial charge < -0.3 is 19.3 Å². The minimum absolute atomic E-state index is 0.104. The average molecular weight is 457 g/mol. The normalized spacial score (nSPS) is 14.6. The van der Waals surface area contributed by atoms with Crippen LogP contribution in [0.1, 0.15) is 16.7 Å². The highest BCUT2D eigenvalue weighted by Crippen LogP contribution is 2.37. The monoisotopic (exact) mass is 456 g/mol. The third-order valence-electron chi connectivity index (χ3n) is 5.55. The molecule has 0 bridgehead atoms. The molecule has 166 valence electrons. The van der Waals surface area contributed by atoms with Crippen molar-refractivity contribution in [1.29, 1.82) is 0 Å². The molecule has 7 heteroatoms. The second kappa shape index (κ2) is 9.28. The Hall–Kier alpha value is -2.93. The topological polar surface area (TPSA) is 65.0 Å². The Morgan fingerprint density at radius 1 is 1.16 bits per heavy atom. The first-order valence-corrected chi connectivity index (χ1v) is 10.5. The Balaban J connectivity index is 1.50. The highest BCUT2D eigenvalue weighted by Gasteiger charge is 2.44. The van der Waals surface area contributed by atoms with Gasteiger partial charge in [-0.15, -0.1) is 0 Å². The van der Waals surface area contributed by atoms with Gasteiger partial charge >= 0.3 is 5.97 Å². The number of carboxylic acid groups (broad SMARTS) is 1. The molecule has 0 aromatic heterocycles. The Labute approximate surface area is 190 Å². The molecule has 4 rings (SSSR count). The summed E-state index contributed by atoms with van der Waals surface area (Å²) in [5.74, 6) is -1.28. The van der Waals surface area contributed by atoms with Crippen molar-refractivity contribution in [2.24, 2.45) is 0 Å². The van der Waals surface area contributed by atoms with E-state index in [1.54, 1.807) is 12.1 Å². The SMILES string of the molecule is Cc1c(COc2ccc(C3(OCC(=O)O)COC3)c(F)c2)cccc1-c1cccc(Cl)c1. The first-order valence-electron chi connectivity index (χ1n) is 10.1. The molecule has 0 atom stereocenters. The number of carboxylic acids is 1. The number of aliphatic carboxylic acids is 1. The van der Waals surface area contributed by atoms with Crippen LogP contribution >= 0.6 is 11.6 Å². The van der Waals surface area contributed by atoms with Gasteiger partial charge in [0.15, 0.2) is 0 Å². The van der Waals surface area contributed by atoms with Crippen LogP contribution in [0.2, 0.25) is 5.02 Å². The van der Waals surface area contributed by atoms with E-state index in [0.29, 0.717) is 10.8 Å². The Morgan fingerprint density at radius 3 is 2.59 bits per heavy atom. The highest BCUT2D eigenvalue weighted by atomic mass is 35.5. The van der Waals surface area contributed by atoms with Crippen molar-refractivity contribution >= 4 is 17.6 Å². The van der Waals surface area contributed by atoms with Crippen molar-refractivity contribution in [3.05, 3.63) is 88.2 Å². The molecule has 1 fully saturated rings.